The highest BCUT2D eigenvalue weighted by Crippen LogP contribution is 2.25. The fraction of sp³-hybridized carbons (Fsp3) is 0.619. The predicted octanol–water partition coefficient (Wildman–Crippen LogP) is 4.07. The molecule has 0 radical (unpaired) electrons. The number of carbonyl (C=O) groups is 2. The number of benzene rings is 1. The third-order valence-corrected chi connectivity index (χ3v) is 5.99. The fourth-order valence-electron chi connectivity index (χ4n) is 4.08. The van der Waals surface area contributed by atoms with Crippen molar-refractivity contribution in [3.63, 3.8) is 0 Å². The molecule has 3 rings (SSSR count). The predicted molar refractivity (Wildman–Crippen MR) is 109 cm³/mol. The zero-order valence-corrected chi connectivity index (χ0v) is 16.9. The molecule has 0 spiro atoms. The van der Waals surface area contributed by atoms with Gasteiger partial charge < -0.3 is 15.5 Å². The number of halogens is 1. The lowest BCUT2D eigenvalue weighted by atomic mass is 9.86. The summed E-state index contributed by atoms with van der Waals surface area (Å²) in [6.45, 7) is 3.93. The summed E-state index contributed by atoms with van der Waals surface area (Å²) in [5.41, 5.74) is 1.21. The maximum absolute atomic E-state index is 12.9. The molecule has 2 fully saturated rings. The van der Waals surface area contributed by atoms with Gasteiger partial charge >= 0.3 is 0 Å². The molecule has 27 heavy (non-hydrogen) atoms. The van der Waals surface area contributed by atoms with E-state index >= 15 is 0 Å². The summed E-state index contributed by atoms with van der Waals surface area (Å²) in [5.74, 6) is 0.491. The number of amides is 2. The Balaban J connectivity index is 1.62. The van der Waals surface area contributed by atoms with Crippen molar-refractivity contribution < 1.29 is 9.59 Å². The van der Waals surface area contributed by atoms with Crippen molar-refractivity contribution in [2.45, 2.75) is 57.9 Å². The van der Waals surface area contributed by atoms with E-state index in [1.807, 2.05) is 4.90 Å². The molecule has 2 N–H and O–H groups in total. The van der Waals surface area contributed by atoms with Crippen LogP contribution in [0.5, 0.6) is 0 Å². The highest BCUT2D eigenvalue weighted by Gasteiger charge is 2.24. The molecule has 1 aliphatic heterocycles. The first kappa shape index (κ1) is 20.0. The second kappa shape index (κ2) is 9.45. The summed E-state index contributed by atoms with van der Waals surface area (Å²) < 4.78 is 0. The van der Waals surface area contributed by atoms with Crippen molar-refractivity contribution in [3.8, 4) is 0 Å². The van der Waals surface area contributed by atoms with Crippen molar-refractivity contribution in [1.29, 1.82) is 0 Å². The van der Waals surface area contributed by atoms with Gasteiger partial charge in [-0.05, 0) is 56.2 Å². The minimum absolute atomic E-state index is 0.00942. The highest BCUT2D eigenvalue weighted by atomic mass is 35.5. The van der Waals surface area contributed by atoms with E-state index in [0.29, 0.717) is 22.2 Å². The number of nitrogens with zero attached hydrogens (tertiary/aromatic N) is 1. The van der Waals surface area contributed by atoms with Gasteiger partial charge in [0.25, 0.3) is 5.91 Å². The van der Waals surface area contributed by atoms with Crippen LogP contribution in [0.4, 0.5) is 5.69 Å². The monoisotopic (exact) mass is 391 g/mol. The van der Waals surface area contributed by atoms with Crippen LogP contribution in [-0.4, -0.2) is 42.4 Å². The van der Waals surface area contributed by atoms with Gasteiger partial charge in [0.1, 0.15) is 0 Å². The summed E-state index contributed by atoms with van der Waals surface area (Å²) in [5, 5.41) is 6.82. The van der Waals surface area contributed by atoms with Gasteiger partial charge in [-0.25, -0.2) is 0 Å². The Morgan fingerprint density at radius 2 is 1.85 bits per heavy atom. The number of rotatable bonds is 5. The number of hydrogen-bond donors (Lipinski definition) is 2. The lowest BCUT2D eigenvalue weighted by Crippen LogP contribution is -2.43. The standard InChI is InChI=1S/C21H30ClN3O2/c1-15-7-3-4-8-18(15)24-20(26)14-23-19-13-16(22)9-10-17(19)21(27)25-11-5-2-6-12-25/h9-10,13,15,18,23H,2-8,11-12,14H2,1H3,(H,24,26). The summed E-state index contributed by atoms with van der Waals surface area (Å²) in [4.78, 5) is 27.2. The number of nitrogens with one attached hydrogen (secondary N) is 2. The average molecular weight is 392 g/mol. The molecule has 1 heterocycles. The molecular formula is C21H30ClN3O2. The number of likely N-dealkylation sites (tertiary alicyclic amines) is 1. The zero-order chi connectivity index (χ0) is 19.2. The van der Waals surface area contributed by atoms with Crippen molar-refractivity contribution in [1.82, 2.24) is 10.2 Å². The largest absolute Gasteiger partial charge is 0.375 e. The molecule has 1 aromatic carbocycles. The van der Waals surface area contributed by atoms with Gasteiger partial charge in [0, 0.05) is 29.8 Å². The van der Waals surface area contributed by atoms with E-state index in [0.717, 1.165) is 32.4 Å². The van der Waals surface area contributed by atoms with Crippen molar-refractivity contribution in [2.24, 2.45) is 5.92 Å². The van der Waals surface area contributed by atoms with E-state index in [1.165, 1.54) is 25.7 Å². The average Bonchev–Trinajstić information content (AvgIpc) is 2.68. The van der Waals surface area contributed by atoms with Gasteiger partial charge in [-0.1, -0.05) is 31.4 Å². The third-order valence-electron chi connectivity index (χ3n) is 5.75. The maximum Gasteiger partial charge on any atom is 0.255 e. The van der Waals surface area contributed by atoms with Gasteiger partial charge in [-0.3, -0.25) is 9.59 Å². The van der Waals surface area contributed by atoms with Crippen LogP contribution in [0, 0.1) is 5.92 Å². The second-order valence-electron chi connectivity index (χ2n) is 7.83. The Kier molecular flexibility index (Phi) is 7.00. The lowest BCUT2D eigenvalue weighted by molar-refractivity contribution is -0.120. The molecule has 1 aromatic rings. The lowest BCUT2D eigenvalue weighted by Gasteiger charge is -2.29. The molecule has 2 aliphatic rings. The van der Waals surface area contributed by atoms with Crippen LogP contribution in [0.2, 0.25) is 5.02 Å². The normalized spacial score (nSPS) is 23.0. The first-order valence-electron chi connectivity index (χ1n) is 10.2. The topological polar surface area (TPSA) is 61.4 Å². The molecule has 0 aromatic heterocycles. The molecule has 2 atom stereocenters. The van der Waals surface area contributed by atoms with Crippen LogP contribution in [0.15, 0.2) is 18.2 Å². The van der Waals surface area contributed by atoms with Gasteiger partial charge in [0.15, 0.2) is 0 Å². The van der Waals surface area contributed by atoms with E-state index in [1.54, 1.807) is 18.2 Å². The summed E-state index contributed by atoms with van der Waals surface area (Å²) >= 11 is 6.13. The summed E-state index contributed by atoms with van der Waals surface area (Å²) in [6, 6.07) is 5.47. The molecule has 2 unspecified atom stereocenters. The summed E-state index contributed by atoms with van der Waals surface area (Å²) in [7, 11) is 0. The highest BCUT2D eigenvalue weighted by molar-refractivity contribution is 6.31. The molecular weight excluding hydrogens is 362 g/mol. The van der Waals surface area contributed by atoms with Crippen LogP contribution >= 0.6 is 11.6 Å². The van der Waals surface area contributed by atoms with E-state index in [4.69, 9.17) is 11.6 Å². The first-order valence-corrected chi connectivity index (χ1v) is 10.5. The fourth-order valence-corrected chi connectivity index (χ4v) is 4.25. The molecule has 5 nitrogen and oxygen atoms in total. The van der Waals surface area contributed by atoms with E-state index in [2.05, 4.69) is 17.6 Å². The maximum atomic E-state index is 12.9. The van der Waals surface area contributed by atoms with E-state index in [-0.39, 0.29) is 24.4 Å². The van der Waals surface area contributed by atoms with Crippen molar-refractivity contribution >= 4 is 29.1 Å². The SMILES string of the molecule is CC1CCCCC1NC(=O)CNc1cc(Cl)ccc1C(=O)N1CCCCC1. The third kappa shape index (κ3) is 5.38. The Morgan fingerprint density at radius 3 is 2.59 bits per heavy atom. The zero-order valence-electron chi connectivity index (χ0n) is 16.1. The number of piperidine rings is 1. The molecule has 1 aliphatic carbocycles. The Labute approximate surface area is 166 Å². The Morgan fingerprint density at radius 1 is 1.11 bits per heavy atom. The number of hydrogen-bond acceptors (Lipinski definition) is 3. The molecule has 1 saturated carbocycles. The molecule has 6 heteroatoms. The molecule has 1 saturated heterocycles. The molecule has 2 amide bonds. The van der Waals surface area contributed by atoms with Crippen molar-refractivity contribution in [2.75, 3.05) is 25.0 Å². The van der Waals surface area contributed by atoms with Gasteiger partial charge in [0.05, 0.1) is 12.1 Å². The minimum atomic E-state index is -0.0369. The Hall–Kier alpha value is -1.75. The van der Waals surface area contributed by atoms with Crippen LogP contribution in [0.3, 0.4) is 0 Å². The first-order chi connectivity index (χ1) is 13.0. The summed E-state index contributed by atoms with van der Waals surface area (Å²) in [6.07, 6.45) is 7.90. The minimum Gasteiger partial charge on any atom is -0.375 e. The van der Waals surface area contributed by atoms with Crippen LogP contribution in [0.25, 0.3) is 0 Å². The molecule has 148 valence electrons. The van der Waals surface area contributed by atoms with Crippen molar-refractivity contribution in [3.05, 3.63) is 28.8 Å². The van der Waals surface area contributed by atoms with Crippen LogP contribution in [-0.2, 0) is 4.79 Å². The molecule has 0 bridgehead atoms. The number of anilines is 1. The second-order valence-corrected chi connectivity index (χ2v) is 8.27. The Bertz CT molecular complexity index is 673. The number of carbonyl (C=O) groups excluding carboxylic acids is 2. The smallest absolute Gasteiger partial charge is 0.255 e. The van der Waals surface area contributed by atoms with Crippen LogP contribution in [0.1, 0.15) is 62.2 Å². The quantitative estimate of drug-likeness (QED) is 0.795. The van der Waals surface area contributed by atoms with Gasteiger partial charge in [0.2, 0.25) is 5.91 Å². The van der Waals surface area contributed by atoms with Gasteiger partial charge in [-0.2, -0.15) is 0 Å². The van der Waals surface area contributed by atoms with E-state index in [9.17, 15) is 9.59 Å². The van der Waals surface area contributed by atoms with E-state index < -0.39 is 0 Å². The van der Waals surface area contributed by atoms with Crippen LogP contribution < -0.4 is 10.6 Å². The van der Waals surface area contributed by atoms with Gasteiger partial charge in [-0.15, -0.1) is 0 Å².